The molecule has 142 valence electrons. The molecule has 0 saturated carbocycles. The van der Waals surface area contributed by atoms with E-state index in [0.717, 1.165) is 5.56 Å². The van der Waals surface area contributed by atoms with Crippen molar-refractivity contribution in [3.8, 4) is 5.75 Å². The summed E-state index contributed by atoms with van der Waals surface area (Å²) in [6, 6.07) is 19.0. The Kier molecular flexibility index (Phi) is 5.79. The fourth-order valence-electron chi connectivity index (χ4n) is 3.68. The van der Waals surface area contributed by atoms with Crippen LogP contribution in [0.5, 0.6) is 5.75 Å². The lowest BCUT2D eigenvalue weighted by atomic mass is 9.72. The van der Waals surface area contributed by atoms with E-state index in [2.05, 4.69) is 0 Å². The van der Waals surface area contributed by atoms with Gasteiger partial charge < -0.3 is 14.4 Å². The lowest BCUT2D eigenvalue weighted by Gasteiger charge is -2.40. The van der Waals surface area contributed by atoms with Crippen LogP contribution in [-0.2, 0) is 19.7 Å². The molecule has 0 unspecified atom stereocenters. The Morgan fingerprint density at radius 1 is 0.963 bits per heavy atom. The summed E-state index contributed by atoms with van der Waals surface area (Å²) < 4.78 is 10.9. The Morgan fingerprint density at radius 2 is 1.52 bits per heavy atom. The molecule has 1 amide bonds. The minimum absolute atomic E-state index is 0.0645. The Bertz CT molecular complexity index is 767. The summed E-state index contributed by atoms with van der Waals surface area (Å²) in [6.45, 7) is 2.74. The zero-order valence-corrected chi connectivity index (χ0v) is 15.8. The van der Waals surface area contributed by atoms with Crippen LogP contribution in [0.2, 0.25) is 0 Å². The molecular formula is C22H25NO4. The summed E-state index contributed by atoms with van der Waals surface area (Å²) >= 11 is 0. The zero-order valence-electron chi connectivity index (χ0n) is 15.8. The van der Waals surface area contributed by atoms with E-state index in [4.69, 9.17) is 9.47 Å². The van der Waals surface area contributed by atoms with Gasteiger partial charge in [-0.2, -0.15) is 0 Å². The minimum Gasteiger partial charge on any atom is -0.481 e. The molecule has 0 N–H and O–H groups in total. The van der Waals surface area contributed by atoms with Gasteiger partial charge in [0.15, 0.2) is 6.10 Å². The van der Waals surface area contributed by atoms with Crippen molar-refractivity contribution in [3.05, 3.63) is 66.2 Å². The van der Waals surface area contributed by atoms with Gasteiger partial charge in [-0.05, 0) is 37.5 Å². The maximum atomic E-state index is 12.8. The average molecular weight is 367 g/mol. The fraction of sp³-hybridized carbons (Fsp3) is 0.364. The highest BCUT2D eigenvalue weighted by molar-refractivity contribution is 5.85. The Balaban J connectivity index is 1.69. The molecule has 0 spiro atoms. The van der Waals surface area contributed by atoms with Gasteiger partial charge >= 0.3 is 5.97 Å². The molecule has 2 aromatic carbocycles. The molecule has 0 aliphatic carbocycles. The number of ether oxygens (including phenoxy) is 2. The number of piperidine rings is 1. The monoisotopic (exact) mass is 367 g/mol. The van der Waals surface area contributed by atoms with Crippen molar-refractivity contribution in [2.75, 3.05) is 20.2 Å². The summed E-state index contributed by atoms with van der Waals surface area (Å²) in [7, 11) is 1.42. The van der Waals surface area contributed by atoms with Crippen molar-refractivity contribution in [1.29, 1.82) is 0 Å². The molecule has 3 rings (SSSR count). The number of benzene rings is 2. The second-order valence-electron chi connectivity index (χ2n) is 6.84. The first-order chi connectivity index (χ1) is 13.1. The van der Waals surface area contributed by atoms with Gasteiger partial charge in [-0.3, -0.25) is 9.59 Å². The fourth-order valence-corrected chi connectivity index (χ4v) is 3.68. The van der Waals surface area contributed by atoms with Gasteiger partial charge in [0.05, 0.1) is 12.5 Å². The molecule has 5 heteroatoms. The largest absolute Gasteiger partial charge is 0.481 e. The number of para-hydroxylation sites is 1. The lowest BCUT2D eigenvalue weighted by molar-refractivity contribution is -0.152. The summed E-state index contributed by atoms with van der Waals surface area (Å²) in [5.41, 5.74) is 0.244. The van der Waals surface area contributed by atoms with Gasteiger partial charge in [0.2, 0.25) is 0 Å². The van der Waals surface area contributed by atoms with Crippen molar-refractivity contribution < 1.29 is 19.1 Å². The van der Waals surface area contributed by atoms with Crippen LogP contribution in [0.25, 0.3) is 0 Å². The van der Waals surface area contributed by atoms with Gasteiger partial charge in [0, 0.05) is 13.1 Å². The summed E-state index contributed by atoms with van der Waals surface area (Å²) in [5.74, 6) is 0.364. The molecule has 5 nitrogen and oxygen atoms in total. The van der Waals surface area contributed by atoms with Crippen LogP contribution >= 0.6 is 0 Å². The van der Waals surface area contributed by atoms with E-state index in [1.807, 2.05) is 60.7 Å². The first kappa shape index (κ1) is 19.0. The third kappa shape index (κ3) is 3.97. The second kappa shape index (κ2) is 8.25. The van der Waals surface area contributed by atoms with Crippen LogP contribution in [0.4, 0.5) is 0 Å². The van der Waals surface area contributed by atoms with Crippen LogP contribution in [0.3, 0.4) is 0 Å². The molecule has 27 heavy (non-hydrogen) atoms. The molecule has 0 aromatic heterocycles. The topological polar surface area (TPSA) is 55.8 Å². The summed E-state index contributed by atoms with van der Waals surface area (Å²) in [6.07, 6.45) is 0.496. The molecule has 1 fully saturated rings. The number of amides is 1. The molecule has 0 radical (unpaired) electrons. The average Bonchev–Trinajstić information content (AvgIpc) is 2.74. The second-order valence-corrected chi connectivity index (χ2v) is 6.84. The van der Waals surface area contributed by atoms with Crippen molar-refractivity contribution in [1.82, 2.24) is 4.90 Å². The van der Waals surface area contributed by atoms with Gasteiger partial charge in [-0.15, -0.1) is 0 Å². The third-order valence-electron chi connectivity index (χ3n) is 5.24. The van der Waals surface area contributed by atoms with Crippen LogP contribution in [0.15, 0.2) is 60.7 Å². The molecular weight excluding hydrogens is 342 g/mol. The highest BCUT2D eigenvalue weighted by Crippen LogP contribution is 2.37. The van der Waals surface area contributed by atoms with Crippen molar-refractivity contribution in [2.45, 2.75) is 31.3 Å². The molecule has 1 aliphatic rings. The third-order valence-corrected chi connectivity index (χ3v) is 5.24. The molecule has 1 aliphatic heterocycles. The summed E-state index contributed by atoms with van der Waals surface area (Å²) in [5, 5.41) is 0. The standard InChI is InChI=1S/C22H25NO4/c1-17(27-19-11-7-4-8-12-19)20(24)23-15-13-22(14-16-23,21(25)26-2)18-9-5-3-6-10-18/h3-12,17H,13-16H2,1-2H3/t17-/m0/s1. The van der Waals surface area contributed by atoms with E-state index in [0.29, 0.717) is 31.7 Å². The quantitative estimate of drug-likeness (QED) is 0.762. The number of hydrogen-bond donors (Lipinski definition) is 0. The smallest absolute Gasteiger partial charge is 0.316 e. The van der Waals surface area contributed by atoms with Crippen LogP contribution < -0.4 is 4.74 Å². The number of likely N-dealkylation sites (tertiary alicyclic amines) is 1. The Hall–Kier alpha value is -2.82. The maximum Gasteiger partial charge on any atom is 0.316 e. The number of esters is 1. The highest BCUT2D eigenvalue weighted by Gasteiger charge is 2.45. The van der Waals surface area contributed by atoms with Crippen LogP contribution in [0, 0.1) is 0 Å². The maximum absolute atomic E-state index is 12.8. The SMILES string of the molecule is COC(=O)C1(c2ccccc2)CCN(C(=O)[C@H](C)Oc2ccccc2)CC1. The normalized spacial score (nSPS) is 17.0. The van der Waals surface area contributed by atoms with E-state index >= 15 is 0 Å². The van der Waals surface area contributed by atoms with E-state index < -0.39 is 11.5 Å². The Labute approximate surface area is 159 Å². The predicted octanol–water partition coefficient (Wildman–Crippen LogP) is 3.19. The first-order valence-electron chi connectivity index (χ1n) is 9.21. The van der Waals surface area contributed by atoms with Crippen molar-refractivity contribution in [3.63, 3.8) is 0 Å². The molecule has 0 bridgehead atoms. The van der Waals surface area contributed by atoms with E-state index in [1.165, 1.54) is 7.11 Å². The number of methoxy groups -OCH3 is 1. The first-order valence-corrected chi connectivity index (χ1v) is 9.21. The highest BCUT2D eigenvalue weighted by atomic mass is 16.5. The lowest BCUT2D eigenvalue weighted by Crippen LogP contribution is -2.51. The predicted molar refractivity (Wildman–Crippen MR) is 102 cm³/mol. The van der Waals surface area contributed by atoms with Gasteiger partial charge in [-0.1, -0.05) is 48.5 Å². The molecule has 1 heterocycles. The summed E-state index contributed by atoms with van der Waals surface area (Å²) in [4.78, 5) is 27.1. The van der Waals surface area contributed by atoms with Crippen LogP contribution in [0.1, 0.15) is 25.3 Å². The minimum atomic E-state index is -0.698. The van der Waals surface area contributed by atoms with E-state index in [9.17, 15) is 9.59 Å². The molecule has 2 aromatic rings. The molecule has 1 atom stereocenters. The number of hydrogen-bond acceptors (Lipinski definition) is 4. The Morgan fingerprint density at radius 3 is 2.07 bits per heavy atom. The van der Waals surface area contributed by atoms with Gasteiger partial charge in [0.25, 0.3) is 5.91 Å². The number of carbonyl (C=O) groups excluding carboxylic acids is 2. The van der Waals surface area contributed by atoms with Crippen LogP contribution in [-0.4, -0.2) is 43.1 Å². The molecule has 1 saturated heterocycles. The van der Waals surface area contributed by atoms with E-state index in [-0.39, 0.29) is 11.9 Å². The number of carbonyl (C=O) groups is 2. The number of nitrogens with zero attached hydrogens (tertiary/aromatic N) is 1. The zero-order chi connectivity index (χ0) is 19.3. The van der Waals surface area contributed by atoms with Crippen molar-refractivity contribution in [2.24, 2.45) is 0 Å². The van der Waals surface area contributed by atoms with Gasteiger partial charge in [-0.25, -0.2) is 0 Å². The van der Waals surface area contributed by atoms with Gasteiger partial charge in [0.1, 0.15) is 5.75 Å². The number of rotatable bonds is 5. The van der Waals surface area contributed by atoms with E-state index in [1.54, 1.807) is 11.8 Å². The van der Waals surface area contributed by atoms with Crippen molar-refractivity contribution >= 4 is 11.9 Å².